The molecule has 1 unspecified atom stereocenters. The Kier molecular flexibility index (Phi) is 4.70. The molecular formula is C13H11ClFN3O4. The number of benzene rings is 1. The smallest absolute Gasteiger partial charge is 0.345 e. The summed E-state index contributed by atoms with van der Waals surface area (Å²) in [4.78, 5) is 23.2. The van der Waals surface area contributed by atoms with E-state index in [1.807, 2.05) is 0 Å². The zero-order valence-electron chi connectivity index (χ0n) is 11.4. The van der Waals surface area contributed by atoms with Crippen LogP contribution < -0.4 is 20.5 Å². The Labute approximate surface area is 130 Å². The molecule has 9 heteroatoms. The molecule has 0 bridgehead atoms. The maximum absolute atomic E-state index is 14.0. The van der Waals surface area contributed by atoms with Gasteiger partial charge in [-0.05, 0) is 6.07 Å². The summed E-state index contributed by atoms with van der Waals surface area (Å²) < 4.78 is 23.7. The summed E-state index contributed by atoms with van der Waals surface area (Å²) in [5, 5.41) is 3.10. The van der Waals surface area contributed by atoms with Gasteiger partial charge in [0.05, 0.1) is 12.1 Å². The molecule has 2 amide bonds. The number of methoxy groups -OCH3 is 1. The fraction of sp³-hybridized carbons (Fsp3) is 0.231. The number of carbonyl (C=O) groups is 2. The number of terminal acetylenes is 1. The summed E-state index contributed by atoms with van der Waals surface area (Å²) in [5.74, 6) is 0.831. The van der Waals surface area contributed by atoms with E-state index in [-0.39, 0.29) is 23.1 Å². The molecule has 0 aliphatic carbocycles. The minimum atomic E-state index is -1.12. The summed E-state index contributed by atoms with van der Waals surface area (Å²) in [6, 6.07) is 1.43. The van der Waals surface area contributed by atoms with Crippen molar-refractivity contribution in [2.75, 3.05) is 18.7 Å². The molecule has 1 aromatic carbocycles. The highest BCUT2D eigenvalue weighted by Gasteiger charge is 2.36. The van der Waals surface area contributed by atoms with Crippen molar-refractivity contribution in [2.45, 2.75) is 6.17 Å². The van der Waals surface area contributed by atoms with Crippen molar-refractivity contribution in [3.05, 3.63) is 23.0 Å². The van der Waals surface area contributed by atoms with Crippen molar-refractivity contribution in [3.63, 3.8) is 0 Å². The molecule has 0 spiro atoms. The molecule has 2 rings (SSSR count). The van der Waals surface area contributed by atoms with Crippen molar-refractivity contribution in [3.8, 4) is 18.1 Å². The Morgan fingerprint density at radius 2 is 2.32 bits per heavy atom. The highest BCUT2D eigenvalue weighted by Crippen LogP contribution is 2.32. The first kappa shape index (κ1) is 15.9. The Hall–Kier alpha value is -2.50. The van der Waals surface area contributed by atoms with E-state index in [0.29, 0.717) is 0 Å². The van der Waals surface area contributed by atoms with Crippen molar-refractivity contribution in [1.29, 1.82) is 0 Å². The topological polar surface area (TPSA) is 79.9 Å². The van der Waals surface area contributed by atoms with Crippen LogP contribution >= 0.6 is 11.6 Å². The van der Waals surface area contributed by atoms with Crippen molar-refractivity contribution in [2.24, 2.45) is 0 Å². The summed E-state index contributed by atoms with van der Waals surface area (Å²) >= 11 is 5.83. The number of nitrogens with one attached hydrogen (secondary N) is 2. The number of rotatable bonds is 4. The average Bonchev–Trinajstić information content (AvgIpc) is 2.87. The number of halogens is 2. The highest BCUT2D eigenvalue weighted by atomic mass is 35.5. The number of carbonyl (C=O) groups excluding carboxylic acids is 2. The number of hydrazine groups is 1. The van der Waals surface area contributed by atoms with Gasteiger partial charge >= 0.3 is 12.0 Å². The predicted molar refractivity (Wildman–Crippen MR) is 75.7 cm³/mol. The minimum Gasteiger partial charge on any atom is -0.479 e. The van der Waals surface area contributed by atoms with Gasteiger partial charge < -0.3 is 14.8 Å². The van der Waals surface area contributed by atoms with Crippen LogP contribution in [-0.2, 0) is 9.53 Å². The largest absolute Gasteiger partial charge is 0.479 e. The summed E-state index contributed by atoms with van der Waals surface area (Å²) in [5.41, 5.74) is 2.29. The third-order valence-corrected chi connectivity index (χ3v) is 3.01. The number of esters is 1. The number of hydrogen-bond donors (Lipinski definition) is 2. The van der Waals surface area contributed by atoms with Gasteiger partial charge in [-0.3, -0.25) is 0 Å². The van der Waals surface area contributed by atoms with E-state index in [0.717, 1.165) is 18.2 Å². The first-order valence-electron chi connectivity index (χ1n) is 5.98. The Bertz CT molecular complexity index is 661. The van der Waals surface area contributed by atoms with Crippen LogP contribution in [0.2, 0.25) is 5.02 Å². The van der Waals surface area contributed by atoms with E-state index in [1.54, 1.807) is 0 Å². The van der Waals surface area contributed by atoms with Crippen molar-refractivity contribution in [1.82, 2.24) is 10.7 Å². The number of anilines is 1. The zero-order valence-corrected chi connectivity index (χ0v) is 12.1. The van der Waals surface area contributed by atoms with Crippen LogP contribution in [-0.4, -0.2) is 31.9 Å². The summed E-state index contributed by atoms with van der Waals surface area (Å²) in [6.45, 7) is -0.0742. The predicted octanol–water partition coefficient (Wildman–Crippen LogP) is 1.02. The van der Waals surface area contributed by atoms with Crippen molar-refractivity contribution >= 4 is 29.3 Å². The fourth-order valence-electron chi connectivity index (χ4n) is 1.74. The molecule has 7 nitrogen and oxygen atoms in total. The lowest BCUT2D eigenvalue weighted by Gasteiger charge is -2.17. The van der Waals surface area contributed by atoms with Gasteiger partial charge in [-0.1, -0.05) is 17.5 Å². The quantitative estimate of drug-likeness (QED) is 0.637. The van der Waals surface area contributed by atoms with Gasteiger partial charge in [0.25, 0.3) is 0 Å². The van der Waals surface area contributed by atoms with Gasteiger partial charge in [-0.25, -0.2) is 19.0 Å². The molecule has 2 N–H and O–H groups in total. The lowest BCUT2D eigenvalue weighted by atomic mass is 10.2. The van der Waals surface area contributed by atoms with E-state index in [9.17, 15) is 14.0 Å². The van der Waals surface area contributed by atoms with Crippen LogP contribution in [0.1, 0.15) is 0 Å². The SMILES string of the molecule is C#CCOc1cc(N2NC(C(=O)OC)NC2=O)c(F)cc1Cl. The molecule has 1 aliphatic rings. The van der Waals surface area contributed by atoms with Gasteiger partial charge in [0.2, 0.25) is 0 Å². The van der Waals surface area contributed by atoms with Gasteiger partial charge in [0.15, 0.2) is 6.17 Å². The Morgan fingerprint density at radius 3 is 2.95 bits per heavy atom. The standard InChI is InChI=1S/C13H11ClFN3O4/c1-3-4-22-10-6-9(8(15)5-7(10)14)18-13(20)16-11(17-18)12(19)21-2/h1,5-6,11,17H,4H2,2H3,(H,16,20). The van der Waals surface area contributed by atoms with E-state index in [2.05, 4.69) is 21.4 Å². The number of amides is 2. The average molecular weight is 328 g/mol. The summed E-state index contributed by atoms with van der Waals surface area (Å²) in [7, 11) is 1.16. The second kappa shape index (κ2) is 6.51. The van der Waals surface area contributed by atoms with E-state index < -0.39 is 24.0 Å². The van der Waals surface area contributed by atoms with Gasteiger partial charge in [0, 0.05) is 6.07 Å². The second-order valence-corrected chi connectivity index (χ2v) is 4.50. The van der Waals surface area contributed by atoms with Crippen LogP contribution in [0.3, 0.4) is 0 Å². The molecule has 1 aliphatic heterocycles. The first-order valence-corrected chi connectivity index (χ1v) is 6.35. The zero-order chi connectivity index (χ0) is 16.3. The van der Waals surface area contributed by atoms with Crippen LogP contribution in [0.25, 0.3) is 0 Å². The molecule has 1 saturated heterocycles. The third kappa shape index (κ3) is 3.05. The van der Waals surface area contributed by atoms with Gasteiger partial charge in [-0.2, -0.15) is 5.43 Å². The lowest BCUT2D eigenvalue weighted by molar-refractivity contribution is -0.143. The molecular weight excluding hydrogens is 317 g/mol. The van der Waals surface area contributed by atoms with Crippen LogP contribution in [0.15, 0.2) is 12.1 Å². The molecule has 116 valence electrons. The molecule has 1 fully saturated rings. The molecule has 0 saturated carbocycles. The second-order valence-electron chi connectivity index (χ2n) is 4.10. The highest BCUT2D eigenvalue weighted by molar-refractivity contribution is 6.32. The van der Waals surface area contributed by atoms with Crippen LogP contribution in [0.5, 0.6) is 5.75 Å². The Morgan fingerprint density at radius 1 is 1.59 bits per heavy atom. The third-order valence-electron chi connectivity index (χ3n) is 2.72. The minimum absolute atomic E-state index is 0.000577. The van der Waals surface area contributed by atoms with Crippen molar-refractivity contribution < 1.29 is 23.5 Å². The van der Waals surface area contributed by atoms with Gasteiger partial charge in [-0.15, -0.1) is 6.42 Å². The maximum atomic E-state index is 14.0. The lowest BCUT2D eigenvalue weighted by Crippen LogP contribution is -2.43. The monoisotopic (exact) mass is 327 g/mol. The van der Waals surface area contributed by atoms with Crippen LogP contribution in [0.4, 0.5) is 14.9 Å². The summed E-state index contributed by atoms with van der Waals surface area (Å²) in [6.07, 6.45) is 3.95. The first-order chi connectivity index (χ1) is 10.5. The molecule has 1 aromatic rings. The van der Waals surface area contributed by atoms with E-state index in [4.69, 9.17) is 22.8 Å². The van der Waals surface area contributed by atoms with E-state index >= 15 is 0 Å². The molecule has 0 radical (unpaired) electrons. The molecule has 22 heavy (non-hydrogen) atoms. The van der Waals surface area contributed by atoms with E-state index in [1.165, 1.54) is 6.07 Å². The number of ether oxygens (including phenoxy) is 2. The molecule has 1 heterocycles. The van der Waals surface area contributed by atoms with Crippen LogP contribution in [0, 0.1) is 18.2 Å². The fourth-order valence-corrected chi connectivity index (χ4v) is 1.94. The number of urea groups is 1. The maximum Gasteiger partial charge on any atom is 0.345 e. The number of hydrogen-bond acceptors (Lipinski definition) is 5. The molecule has 1 atom stereocenters. The van der Waals surface area contributed by atoms with Gasteiger partial charge in [0.1, 0.15) is 23.9 Å². The number of nitrogens with zero attached hydrogens (tertiary/aromatic N) is 1. The Balaban J connectivity index is 2.30. The molecule has 0 aromatic heterocycles. The normalized spacial score (nSPS) is 16.9.